The predicted molar refractivity (Wildman–Crippen MR) is 136 cm³/mol. The van der Waals surface area contributed by atoms with Crippen LogP contribution in [-0.2, 0) is 4.79 Å². The fraction of sp³-hybridized carbons (Fsp3) is 0.276. The number of hydrogen-bond donors (Lipinski definition) is 1. The number of benzene rings is 3. The molecular formula is C29H32N2O2. The molecule has 0 saturated carbocycles. The minimum absolute atomic E-state index is 0.0557. The Bertz CT molecular complexity index is 1100. The molecule has 3 aromatic rings. The Hall–Kier alpha value is -3.37. The molecule has 0 atom stereocenters. The van der Waals surface area contributed by atoms with Crippen LogP contribution in [0.3, 0.4) is 0 Å². The second-order valence-corrected chi connectivity index (χ2v) is 8.75. The summed E-state index contributed by atoms with van der Waals surface area (Å²) < 4.78 is 5.34. The number of rotatable bonds is 7. The first-order chi connectivity index (χ1) is 16.1. The van der Waals surface area contributed by atoms with Crippen LogP contribution >= 0.6 is 0 Å². The average molecular weight is 441 g/mol. The van der Waals surface area contributed by atoms with Crippen LogP contribution in [0.4, 0.5) is 5.69 Å². The first-order valence-electron chi connectivity index (χ1n) is 11.6. The van der Waals surface area contributed by atoms with Gasteiger partial charge in [-0.2, -0.15) is 0 Å². The van der Waals surface area contributed by atoms with E-state index in [2.05, 4.69) is 47.5 Å². The molecule has 0 spiro atoms. The van der Waals surface area contributed by atoms with E-state index in [9.17, 15) is 4.79 Å². The van der Waals surface area contributed by atoms with E-state index in [1.54, 1.807) is 7.11 Å². The Morgan fingerprint density at radius 2 is 1.67 bits per heavy atom. The first kappa shape index (κ1) is 22.8. The van der Waals surface area contributed by atoms with Gasteiger partial charge in [0.25, 0.3) is 0 Å². The van der Waals surface area contributed by atoms with Crippen LogP contribution in [0.5, 0.6) is 5.75 Å². The Morgan fingerprint density at radius 1 is 0.970 bits per heavy atom. The Balaban J connectivity index is 1.31. The molecule has 1 aliphatic rings. The molecule has 0 bridgehead atoms. The van der Waals surface area contributed by atoms with Crippen LogP contribution in [0.25, 0.3) is 17.2 Å². The maximum Gasteiger partial charge on any atom is 0.227 e. The van der Waals surface area contributed by atoms with Crippen molar-refractivity contribution in [2.75, 3.05) is 32.1 Å². The SMILES string of the molecule is COc1cccc(-c2cccc(NC(=O)C3CCN(C/C(C)=C/c4ccccc4)CC3)c2)c1. The standard InChI is InChI=1S/C29H32N2O2/c1-22(18-23-8-4-3-5-9-23)21-31-16-14-24(15-17-31)29(32)30-27-12-6-10-25(19-27)26-11-7-13-28(20-26)33-2/h3-13,18-20,24H,14-17,21H2,1-2H3,(H,30,32)/b22-18+. The van der Waals surface area contributed by atoms with Crippen molar-refractivity contribution in [3.8, 4) is 16.9 Å². The Labute approximate surface area is 196 Å². The van der Waals surface area contributed by atoms with Gasteiger partial charge in [-0.25, -0.2) is 0 Å². The highest BCUT2D eigenvalue weighted by Gasteiger charge is 2.25. The number of ether oxygens (including phenoxy) is 1. The third kappa shape index (κ3) is 6.33. The zero-order valence-electron chi connectivity index (χ0n) is 19.5. The molecule has 4 nitrogen and oxygen atoms in total. The summed E-state index contributed by atoms with van der Waals surface area (Å²) >= 11 is 0. The van der Waals surface area contributed by atoms with Gasteiger partial charge in [-0.3, -0.25) is 9.69 Å². The topological polar surface area (TPSA) is 41.6 Å². The van der Waals surface area contributed by atoms with Gasteiger partial charge in [0, 0.05) is 18.2 Å². The molecule has 1 saturated heterocycles. The van der Waals surface area contributed by atoms with Crippen LogP contribution < -0.4 is 10.1 Å². The van der Waals surface area contributed by atoms with Crippen molar-refractivity contribution < 1.29 is 9.53 Å². The normalized spacial score (nSPS) is 15.3. The molecule has 33 heavy (non-hydrogen) atoms. The Kier molecular flexibility index (Phi) is 7.59. The second-order valence-electron chi connectivity index (χ2n) is 8.75. The van der Waals surface area contributed by atoms with E-state index in [1.165, 1.54) is 11.1 Å². The maximum absolute atomic E-state index is 12.9. The monoisotopic (exact) mass is 440 g/mol. The number of likely N-dealkylation sites (tertiary alicyclic amines) is 1. The van der Waals surface area contributed by atoms with Crippen LogP contribution in [0, 0.1) is 5.92 Å². The van der Waals surface area contributed by atoms with Crippen LogP contribution in [0.2, 0.25) is 0 Å². The van der Waals surface area contributed by atoms with Crippen molar-refractivity contribution >= 4 is 17.7 Å². The molecule has 0 aliphatic carbocycles. The number of piperidine rings is 1. The molecule has 1 amide bonds. The minimum atomic E-state index is 0.0557. The fourth-order valence-corrected chi connectivity index (χ4v) is 4.41. The maximum atomic E-state index is 12.9. The van der Waals surface area contributed by atoms with Gasteiger partial charge in [0.15, 0.2) is 0 Å². The molecule has 4 rings (SSSR count). The summed E-state index contributed by atoms with van der Waals surface area (Å²) in [7, 11) is 1.67. The molecule has 3 aromatic carbocycles. The number of methoxy groups -OCH3 is 1. The van der Waals surface area contributed by atoms with Crippen molar-refractivity contribution in [2.45, 2.75) is 19.8 Å². The molecule has 1 heterocycles. The lowest BCUT2D eigenvalue weighted by Crippen LogP contribution is -2.38. The number of amides is 1. The fourth-order valence-electron chi connectivity index (χ4n) is 4.41. The van der Waals surface area contributed by atoms with E-state index < -0.39 is 0 Å². The molecule has 0 aromatic heterocycles. The highest BCUT2D eigenvalue weighted by Crippen LogP contribution is 2.27. The average Bonchev–Trinajstić information content (AvgIpc) is 2.85. The molecule has 1 aliphatic heterocycles. The zero-order valence-corrected chi connectivity index (χ0v) is 19.5. The van der Waals surface area contributed by atoms with E-state index in [1.807, 2.05) is 54.6 Å². The van der Waals surface area contributed by atoms with Crippen molar-refractivity contribution in [3.05, 3.63) is 90.0 Å². The minimum Gasteiger partial charge on any atom is -0.497 e. The number of anilines is 1. The summed E-state index contributed by atoms with van der Waals surface area (Å²) in [5.41, 5.74) is 5.54. The van der Waals surface area contributed by atoms with Crippen LogP contribution in [-0.4, -0.2) is 37.6 Å². The van der Waals surface area contributed by atoms with Crippen molar-refractivity contribution in [3.63, 3.8) is 0 Å². The number of carbonyl (C=O) groups is 1. The Morgan fingerprint density at radius 3 is 2.39 bits per heavy atom. The highest BCUT2D eigenvalue weighted by molar-refractivity contribution is 5.93. The first-order valence-corrected chi connectivity index (χ1v) is 11.6. The molecule has 0 unspecified atom stereocenters. The number of hydrogen-bond acceptors (Lipinski definition) is 3. The van der Waals surface area contributed by atoms with E-state index in [-0.39, 0.29) is 11.8 Å². The van der Waals surface area contributed by atoms with Gasteiger partial charge in [-0.05, 0) is 73.8 Å². The third-order valence-corrected chi connectivity index (χ3v) is 6.18. The summed E-state index contributed by atoms with van der Waals surface area (Å²) in [5, 5.41) is 3.14. The van der Waals surface area contributed by atoms with Crippen LogP contribution in [0.15, 0.2) is 84.4 Å². The number of nitrogens with one attached hydrogen (secondary N) is 1. The van der Waals surface area contributed by atoms with E-state index in [0.717, 1.165) is 55.0 Å². The molecule has 1 N–H and O–H groups in total. The van der Waals surface area contributed by atoms with Gasteiger partial charge in [-0.15, -0.1) is 0 Å². The van der Waals surface area contributed by atoms with Crippen LogP contribution in [0.1, 0.15) is 25.3 Å². The van der Waals surface area contributed by atoms with Gasteiger partial charge in [-0.1, -0.05) is 66.2 Å². The smallest absolute Gasteiger partial charge is 0.227 e. The predicted octanol–water partition coefficient (Wildman–Crippen LogP) is 6.12. The molecule has 1 fully saturated rings. The lowest BCUT2D eigenvalue weighted by Gasteiger charge is -2.31. The van der Waals surface area contributed by atoms with Gasteiger partial charge in [0.1, 0.15) is 5.75 Å². The summed E-state index contributed by atoms with van der Waals surface area (Å²) in [6.45, 7) is 5.02. The summed E-state index contributed by atoms with van der Waals surface area (Å²) in [5.74, 6) is 0.997. The van der Waals surface area contributed by atoms with Crippen molar-refractivity contribution in [2.24, 2.45) is 5.92 Å². The molecule has 0 radical (unpaired) electrons. The molecule has 4 heteroatoms. The summed E-state index contributed by atoms with van der Waals surface area (Å²) in [6.07, 6.45) is 4.02. The lowest BCUT2D eigenvalue weighted by atomic mass is 9.95. The van der Waals surface area contributed by atoms with E-state index in [4.69, 9.17) is 4.74 Å². The van der Waals surface area contributed by atoms with Gasteiger partial charge in [0.05, 0.1) is 7.11 Å². The molecule has 170 valence electrons. The van der Waals surface area contributed by atoms with E-state index in [0.29, 0.717) is 0 Å². The lowest BCUT2D eigenvalue weighted by molar-refractivity contribution is -0.121. The van der Waals surface area contributed by atoms with E-state index >= 15 is 0 Å². The number of carbonyl (C=O) groups excluding carboxylic acids is 1. The van der Waals surface area contributed by atoms with Gasteiger partial charge >= 0.3 is 0 Å². The van der Waals surface area contributed by atoms with Crippen molar-refractivity contribution in [1.82, 2.24) is 4.90 Å². The van der Waals surface area contributed by atoms with Gasteiger partial charge in [0.2, 0.25) is 5.91 Å². The quantitative estimate of drug-likeness (QED) is 0.481. The number of nitrogens with zero attached hydrogens (tertiary/aromatic N) is 1. The largest absolute Gasteiger partial charge is 0.497 e. The molecular weight excluding hydrogens is 408 g/mol. The summed E-state index contributed by atoms with van der Waals surface area (Å²) in [6, 6.07) is 26.4. The highest BCUT2D eigenvalue weighted by atomic mass is 16.5. The zero-order chi connectivity index (χ0) is 23.0. The summed E-state index contributed by atoms with van der Waals surface area (Å²) in [4.78, 5) is 15.4. The van der Waals surface area contributed by atoms with Gasteiger partial charge < -0.3 is 10.1 Å². The third-order valence-electron chi connectivity index (χ3n) is 6.18. The van der Waals surface area contributed by atoms with Crippen molar-refractivity contribution in [1.29, 1.82) is 0 Å². The second kappa shape index (κ2) is 11.0.